The molecule has 2 heterocycles. The number of carbonyl (C=O) groups excluding carboxylic acids is 1. The van der Waals surface area contributed by atoms with Gasteiger partial charge in [-0.05, 0) is 12.5 Å². The van der Waals surface area contributed by atoms with E-state index in [-0.39, 0.29) is 18.7 Å². The highest BCUT2D eigenvalue weighted by molar-refractivity contribution is 5.78. The molecule has 2 aliphatic rings. The van der Waals surface area contributed by atoms with Crippen molar-refractivity contribution in [3.8, 4) is 0 Å². The standard InChI is InChI=1S/C19H28NO3/c1-3-20(2)15-9-10-16(20)12-17(11-15)23-19(22)18(13-21)14-7-5-4-6-8-14/h4-8,15-18,21H,3,9-13H2,1-2H3/q+1/t15-,16+,17?,18?,20?. The number of ether oxygens (including phenoxy) is 1. The van der Waals surface area contributed by atoms with Crippen molar-refractivity contribution in [3.05, 3.63) is 35.9 Å². The van der Waals surface area contributed by atoms with Crippen LogP contribution >= 0.6 is 0 Å². The maximum absolute atomic E-state index is 12.5. The van der Waals surface area contributed by atoms with Crippen molar-refractivity contribution < 1.29 is 19.1 Å². The second-order valence-electron chi connectivity index (χ2n) is 7.22. The van der Waals surface area contributed by atoms with Crippen molar-refractivity contribution in [2.45, 2.75) is 56.7 Å². The van der Waals surface area contributed by atoms with Crippen LogP contribution in [-0.2, 0) is 9.53 Å². The van der Waals surface area contributed by atoms with Crippen molar-refractivity contribution >= 4 is 5.97 Å². The molecule has 2 bridgehead atoms. The quantitative estimate of drug-likeness (QED) is 0.670. The van der Waals surface area contributed by atoms with Crippen LogP contribution in [0.2, 0.25) is 0 Å². The van der Waals surface area contributed by atoms with Crippen LogP contribution < -0.4 is 0 Å². The fourth-order valence-corrected chi connectivity index (χ4v) is 4.55. The van der Waals surface area contributed by atoms with Gasteiger partial charge in [0.05, 0.1) is 32.3 Å². The first-order valence-corrected chi connectivity index (χ1v) is 8.79. The highest BCUT2D eigenvalue weighted by atomic mass is 16.5. The van der Waals surface area contributed by atoms with Gasteiger partial charge in [0.25, 0.3) is 0 Å². The minimum atomic E-state index is -0.567. The van der Waals surface area contributed by atoms with Gasteiger partial charge in [0, 0.05) is 25.7 Å². The Kier molecular flexibility index (Phi) is 4.74. The van der Waals surface area contributed by atoms with E-state index in [9.17, 15) is 9.90 Å². The van der Waals surface area contributed by atoms with Crippen LogP contribution in [0.4, 0.5) is 0 Å². The Labute approximate surface area is 138 Å². The highest BCUT2D eigenvalue weighted by Crippen LogP contribution is 2.42. The number of hydrogen-bond donors (Lipinski definition) is 1. The van der Waals surface area contributed by atoms with E-state index in [4.69, 9.17) is 4.74 Å². The van der Waals surface area contributed by atoms with Crippen LogP contribution in [0.25, 0.3) is 0 Å². The number of benzene rings is 1. The molecule has 0 radical (unpaired) electrons. The van der Waals surface area contributed by atoms with Gasteiger partial charge >= 0.3 is 5.97 Å². The molecule has 1 N–H and O–H groups in total. The fraction of sp³-hybridized carbons (Fsp3) is 0.632. The van der Waals surface area contributed by atoms with Crippen LogP contribution in [0.15, 0.2) is 30.3 Å². The van der Waals surface area contributed by atoms with Crippen LogP contribution in [0.5, 0.6) is 0 Å². The molecule has 5 atom stereocenters. The molecule has 1 aromatic carbocycles. The fourth-order valence-electron chi connectivity index (χ4n) is 4.55. The summed E-state index contributed by atoms with van der Waals surface area (Å²) >= 11 is 0. The number of piperidine rings is 1. The molecule has 0 spiro atoms. The summed E-state index contributed by atoms with van der Waals surface area (Å²) in [6, 6.07) is 10.6. The Morgan fingerprint density at radius 2 is 1.87 bits per heavy atom. The molecule has 0 saturated carbocycles. The zero-order chi connectivity index (χ0) is 16.4. The molecule has 2 fully saturated rings. The number of nitrogens with zero attached hydrogens (tertiary/aromatic N) is 1. The smallest absolute Gasteiger partial charge is 0.316 e. The first-order chi connectivity index (χ1) is 11.1. The van der Waals surface area contributed by atoms with Gasteiger partial charge in [-0.3, -0.25) is 4.79 Å². The van der Waals surface area contributed by atoms with Crippen LogP contribution in [0.3, 0.4) is 0 Å². The van der Waals surface area contributed by atoms with Gasteiger partial charge < -0.3 is 14.3 Å². The van der Waals surface area contributed by atoms with Crippen LogP contribution in [0.1, 0.15) is 44.1 Å². The molecule has 0 aliphatic carbocycles. The van der Waals surface area contributed by atoms with Crippen molar-refractivity contribution in [1.82, 2.24) is 0 Å². The molecule has 2 saturated heterocycles. The van der Waals surface area contributed by atoms with E-state index < -0.39 is 5.92 Å². The summed E-state index contributed by atoms with van der Waals surface area (Å²) in [5.74, 6) is -0.849. The molecule has 126 valence electrons. The predicted molar refractivity (Wildman–Crippen MR) is 88.9 cm³/mol. The summed E-state index contributed by atoms with van der Waals surface area (Å²) in [5, 5.41) is 9.61. The number of hydrogen-bond acceptors (Lipinski definition) is 3. The molecular formula is C19H28NO3+. The molecule has 4 heteroatoms. The summed E-state index contributed by atoms with van der Waals surface area (Å²) in [6.07, 6.45) is 4.41. The van der Waals surface area contributed by atoms with E-state index in [2.05, 4.69) is 14.0 Å². The van der Waals surface area contributed by atoms with Gasteiger partial charge in [0.15, 0.2) is 0 Å². The van der Waals surface area contributed by atoms with Gasteiger partial charge in [-0.25, -0.2) is 0 Å². The molecule has 0 aromatic heterocycles. The van der Waals surface area contributed by atoms with Gasteiger partial charge in [0.1, 0.15) is 12.0 Å². The largest absolute Gasteiger partial charge is 0.461 e. The lowest BCUT2D eigenvalue weighted by molar-refractivity contribution is -0.947. The summed E-state index contributed by atoms with van der Waals surface area (Å²) in [5.41, 5.74) is 0.827. The van der Waals surface area contributed by atoms with E-state index in [1.54, 1.807) is 0 Å². The number of rotatable bonds is 5. The third-order valence-electron chi connectivity index (χ3n) is 6.20. The van der Waals surface area contributed by atoms with Crippen molar-refractivity contribution in [2.75, 3.05) is 20.2 Å². The maximum atomic E-state index is 12.5. The molecule has 23 heavy (non-hydrogen) atoms. The second-order valence-corrected chi connectivity index (χ2v) is 7.22. The first kappa shape index (κ1) is 16.5. The topological polar surface area (TPSA) is 46.5 Å². The van der Waals surface area contributed by atoms with E-state index in [1.165, 1.54) is 12.8 Å². The molecule has 1 aromatic rings. The van der Waals surface area contributed by atoms with E-state index in [1.807, 2.05) is 30.3 Å². The van der Waals surface area contributed by atoms with Crippen molar-refractivity contribution in [2.24, 2.45) is 0 Å². The predicted octanol–water partition coefficient (Wildman–Crippen LogP) is 2.47. The molecule has 0 amide bonds. The number of quaternary nitrogens is 1. The minimum absolute atomic E-state index is 0.00973. The van der Waals surface area contributed by atoms with Crippen LogP contribution in [0, 0.1) is 0 Å². The molecular weight excluding hydrogens is 290 g/mol. The average Bonchev–Trinajstić information content (AvgIpc) is 2.74. The number of carbonyl (C=O) groups is 1. The van der Waals surface area contributed by atoms with Crippen molar-refractivity contribution in [1.29, 1.82) is 0 Å². The summed E-state index contributed by atoms with van der Waals surface area (Å²) in [6.45, 7) is 3.21. The number of fused-ring (bicyclic) bond motifs is 2. The second kappa shape index (κ2) is 6.62. The lowest BCUT2D eigenvalue weighted by Gasteiger charge is -2.46. The Morgan fingerprint density at radius 1 is 1.26 bits per heavy atom. The Hall–Kier alpha value is -1.39. The Morgan fingerprint density at radius 3 is 2.39 bits per heavy atom. The third-order valence-corrected chi connectivity index (χ3v) is 6.20. The SMILES string of the molecule is CC[N+]1(C)[C@@H]2CC[C@H]1CC(OC(=O)C(CO)c1ccccc1)C2. The van der Waals surface area contributed by atoms with Gasteiger partial charge in [-0.1, -0.05) is 30.3 Å². The molecule has 2 aliphatic heterocycles. The molecule has 4 nitrogen and oxygen atoms in total. The highest BCUT2D eigenvalue weighted by Gasteiger charge is 2.51. The average molecular weight is 318 g/mol. The summed E-state index contributed by atoms with van der Waals surface area (Å²) in [4.78, 5) is 12.5. The normalized spacial score (nSPS) is 34.1. The lowest BCUT2D eigenvalue weighted by Crippen LogP contribution is -2.58. The zero-order valence-corrected chi connectivity index (χ0v) is 14.1. The Bertz CT molecular complexity index is 531. The monoisotopic (exact) mass is 318 g/mol. The summed E-state index contributed by atoms with van der Waals surface area (Å²) < 4.78 is 6.94. The van der Waals surface area contributed by atoms with Gasteiger partial charge in [-0.15, -0.1) is 0 Å². The van der Waals surface area contributed by atoms with Crippen LogP contribution in [-0.4, -0.2) is 53.9 Å². The third kappa shape index (κ3) is 3.02. The molecule has 3 unspecified atom stereocenters. The molecule has 3 rings (SSSR count). The zero-order valence-electron chi connectivity index (χ0n) is 14.1. The number of aliphatic hydroxyl groups is 1. The first-order valence-electron chi connectivity index (χ1n) is 8.79. The number of aliphatic hydroxyl groups excluding tert-OH is 1. The van der Waals surface area contributed by atoms with Crippen molar-refractivity contribution in [3.63, 3.8) is 0 Å². The van der Waals surface area contributed by atoms with E-state index in [0.717, 1.165) is 29.4 Å². The van der Waals surface area contributed by atoms with Gasteiger partial charge in [-0.2, -0.15) is 0 Å². The summed E-state index contributed by atoms with van der Waals surface area (Å²) in [7, 11) is 2.35. The van der Waals surface area contributed by atoms with E-state index in [0.29, 0.717) is 12.1 Å². The van der Waals surface area contributed by atoms with Gasteiger partial charge in [0.2, 0.25) is 0 Å². The maximum Gasteiger partial charge on any atom is 0.316 e. The lowest BCUT2D eigenvalue weighted by atomic mass is 9.96. The number of esters is 1. The Balaban J connectivity index is 1.65. The van der Waals surface area contributed by atoms with E-state index >= 15 is 0 Å². The minimum Gasteiger partial charge on any atom is -0.461 e.